The maximum absolute atomic E-state index is 12.9. The minimum absolute atomic E-state index is 0.260. The molecule has 0 aliphatic carbocycles. The summed E-state index contributed by atoms with van der Waals surface area (Å²) in [6.45, 7) is 2.32. The van der Waals surface area contributed by atoms with E-state index < -0.39 is 17.9 Å². The fourth-order valence-corrected chi connectivity index (χ4v) is 3.96. The first-order chi connectivity index (χ1) is 14.4. The summed E-state index contributed by atoms with van der Waals surface area (Å²) in [5, 5.41) is 3.77. The lowest BCUT2D eigenvalue weighted by Gasteiger charge is -2.32. The summed E-state index contributed by atoms with van der Waals surface area (Å²) in [7, 11) is 2.58. The lowest BCUT2D eigenvalue weighted by molar-refractivity contribution is -0.137. The predicted molar refractivity (Wildman–Crippen MR) is 113 cm³/mol. The van der Waals surface area contributed by atoms with E-state index in [0.29, 0.717) is 34.9 Å². The molecule has 0 radical (unpaired) electrons. The Morgan fingerprint density at radius 3 is 2.50 bits per heavy atom. The molecule has 30 heavy (non-hydrogen) atoms. The van der Waals surface area contributed by atoms with Crippen molar-refractivity contribution in [2.75, 3.05) is 14.2 Å². The van der Waals surface area contributed by atoms with Crippen LogP contribution in [0.15, 0.2) is 59.5 Å². The molecule has 7 nitrogen and oxygen atoms in total. The molecule has 0 saturated heterocycles. The number of allylic oxidation sites excluding steroid dienone is 2. The quantitative estimate of drug-likeness (QED) is 0.674. The Bertz CT molecular complexity index is 1030. The van der Waals surface area contributed by atoms with Gasteiger partial charge in [0.15, 0.2) is 0 Å². The Morgan fingerprint density at radius 2 is 1.87 bits per heavy atom. The fraction of sp³-hybridized carbons (Fsp3) is 0.286. The number of esters is 2. The minimum atomic E-state index is -0.796. The number of carbonyl (C=O) groups is 2. The van der Waals surface area contributed by atoms with Crippen LogP contribution in [0.3, 0.4) is 0 Å². The molecule has 1 aromatic heterocycles. The molecule has 0 spiro atoms. The first-order valence-corrected chi connectivity index (χ1v) is 9.91. The van der Waals surface area contributed by atoms with E-state index in [-0.39, 0.29) is 16.2 Å². The second kappa shape index (κ2) is 9.36. The van der Waals surface area contributed by atoms with Crippen LogP contribution in [0, 0.1) is 0 Å². The standard InChI is InChI=1S/C21H21Cl2N3O4/c1-12-16(20(27)29-2)17(13-5-4-6-14(22)19(13)23)18(21(28)30-3)15(25-12)7-9-26-10-8-24-11-26/h4-6,8,10-11,17,25H,7,9H2,1-3H3. The summed E-state index contributed by atoms with van der Waals surface area (Å²) < 4.78 is 12.0. The molecule has 3 rings (SSSR count). The van der Waals surface area contributed by atoms with Crippen molar-refractivity contribution in [3.8, 4) is 0 Å². The van der Waals surface area contributed by atoms with Crippen molar-refractivity contribution >= 4 is 35.1 Å². The Balaban J connectivity index is 2.19. The fourth-order valence-electron chi connectivity index (χ4n) is 3.54. The summed E-state index contributed by atoms with van der Waals surface area (Å²) >= 11 is 12.7. The highest BCUT2D eigenvalue weighted by atomic mass is 35.5. The summed E-state index contributed by atoms with van der Waals surface area (Å²) in [4.78, 5) is 29.6. The van der Waals surface area contributed by atoms with Gasteiger partial charge in [0.1, 0.15) is 0 Å². The van der Waals surface area contributed by atoms with E-state index in [0.717, 1.165) is 0 Å². The largest absolute Gasteiger partial charge is 0.466 e. The average Bonchev–Trinajstić information content (AvgIpc) is 3.26. The van der Waals surface area contributed by atoms with Crippen LogP contribution >= 0.6 is 23.2 Å². The van der Waals surface area contributed by atoms with Gasteiger partial charge in [-0.3, -0.25) is 0 Å². The van der Waals surface area contributed by atoms with Crippen LogP contribution < -0.4 is 5.32 Å². The Kier molecular flexibility index (Phi) is 6.84. The van der Waals surface area contributed by atoms with Gasteiger partial charge in [-0.15, -0.1) is 0 Å². The third kappa shape index (κ3) is 4.22. The van der Waals surface area contributed by atoms with E-state index in [9.17, 15) is 9.59 Å². The number of dihydropyridines is 1. The Morgan fingerprint density at radius 1 is 1.17 bits per heavy atom. The van der Waals surface area contributed by atoms with Gasteiger partial charge in [-0.25, -0.2) is 14.6 Å². The van der Waals surface area contributed by atoms with Crippen molar-refractivity contribution < 1.29 is 19.1 Å². The van der Waals surface area contributed by atoms with Crippen LogP contribution in [-0.2, 0) is 25.6 Å². The zero-order valence-corrected chi connectivity index (χ0v) is 18.3. The first kappa shape index (κ1) is 21.9. The SMILES string of the molecule is COC(=O)C1=C(C)NC(CCn2ccnc2)=C(C(=O)OC)C1c1cccc(Cl)c1Cl. The third-order valence-corrected chi connectivity index (χ3v) is 5.76. The number of imidazole rings is 1. The molecule has 0 bridgehead atoms. The number of hydrogen-bond acceptors (Lipinski definition) is 6. The number of nitrogens with one attached hydrogen (secondary N) is 1. The number of halogens is 2. The third-order valence-electron chi connectivity index (χ3n) is 4.93. The number of carbonyl (C=O) groups excluding carboxylic acids is 2. The molecular weight excluding hydrogens is 429 g/mol. The molecular formula is C21H21Cl2N3O4. The predicted octanol–water partition coefficient (Wildman–Crippen LogP) is 3.84. The van der Waals surface area contributed by atoms with Gasteiger partial charge < -0.3 is 19.4 Å². The number of benzene rings is 1. The molecule has 9 heteroatoms. The van der Waals surface area contributed by atoms with Crippen LogP contribution in [0.1, 0.15) is 24.8 Å². The Hall–Kier alpha value is -2.77. The zero-order valence-electron chi connectivity index (χ0n) is 16.7. The van der Waals surface area contributed by atoms with Gasteiger partial charge in [0.05, 0.1) is 47.7 Å². The topological polar surface area (TPSA) is 82.5 Å². The summed E-state index contributed by atoms with van der Waals surface area (Å²) in [6, 6.07) is 5.09. The number of hydrogen-bond donors (Lipinski definition) is 1. The van der Waals surface area contributed by atoms with Gasteiger partial charge in [0.2, 0.25) is 0 Å². The number of nitrogens with zero attached hydrogens (tertiary/aromatic N) is 2. The van der Waals surface area contributed by atoms with Gasteiger partial charge >= 0.3 is 11.9 Å². The van der Waals surface area contributed by atoms with Crippen molar-refractivity contribution in [1.82, 2.24) is 14.9 Å². The van der Waals surface area contributed by atoms with E-state index in [1.54, 1.807) is 37.6 Å². The van der Waals surface area contributed by atoms with Crippen LogP contribution in [-0.4, -0.2) is 35.7 Å². The molecule has 0 fully saturated rings. The van der Waals surface area contributed by atoms with Gasteiger partial charge in [-0.2, -0.15) is 0 Å². The highest BCUT2D eigenvalue weighted by molar-refractivity contribution is 6.42. The molecule has 0 amide bonds. The normalized spacial score (nSPS) is 16.4. The number of aryl methyl sites for hydroxylation is 1. The summed E-state index contributed by atoms with van der Waals surface area (Å²) in [5.41, 5.74) is 2.27. The van der Waals surface area contributed by atoms with E-state index >= 15 is 0 Å². The van der Waals surface area contributed by atoms with Gasteiger partial charge in [-0.1, -0.05) is 35.3 Å². The van der Waals surface area contributed by atoms with Gasteiger partial charge in [-0.05, 0) is 18.6 Å². The van der Waals surface area contributed by atoms with Crippen molar-refractivity contribution in [2.24, 2.45) is 0 Å². The number of methoxy groups -OCH3 is 2. The maximum atomic E-state index is 12.9. The highest BCUT2D eigenvalue weighted by Crippen LogP contribution is 2.44. The molecule has 2 heterocycles. The number of aromatic nitrogens is 2. The molecule has 1 aliphatic rings. The first-order valence-electron chi connectivity index (χ1n) is 9.16. The second-order valence-corrected chi connectivity index (χ2v) is 7.45. The minimum Gasteiger partial charge on any atom is -0.466 e. The molecule has 2 aromatic rings. The molecule has 1 atom stereocenters. The lowest BCUT2D eigenvalue weighted by Crippen LogP contribution is -2.33. The number of rotatable bonds is 6. The molecule has 1 aromatic carbocycles. The molecule has 1 N–H and O–H groups in total. The highest BCUT2D eigenvalue weighted by Gasteiger charge is 2.39. The smallest absolute Gasteiger partial charge is 0.336 e. The van der Waals surface area contributed by atoms with E-state index in [4.69, 9.17) is 32.7 Å². The van der Waals surface area contributed by atoms with E-state index in [2.05, 4.69) is 10.3 Å². The zero-order chi connectivity index (χ0) is 21.8. The van der Waals surface area contributed by atoms with E-state index in [1.165, 1.54) is 14.2 Å². The van der Waals surface area contributed by atoms with Crippen LogP contribution in [0.5, 0.6) is 0 Å². The van der Waals surface area contributed by atoms with Gasteiger partial charge in [0.25, 0.3) is 0 Å². The van der Waals surface area contributed by atoms with Crippen LogP contribution in [0.2, 0.25) is 10.0 Å². The Labute approximate surface area is 184 Å². The average molecular weight is 450 g/mol. The molecule has 158 valence electrons. The summed E-state index contributed by atoms with van der Waals surface area (Å²) in [6.07, 6.45) is 5.67. The van der Waals surface area contributed by atoms with Crippen LogP contribution in [0.25, 0.3) is 0 Å². The molecule has 1 unspecified atom stereocenters. The molecule has 1 aliphatic heterocycles. The number of ether oxygens (including phenoxy) is 2. The van der Waals surface area contributed by atoms with Crippen molar-refractivity contribution in [3.63, 3.8) is 0 Å². The van der Waals surface area contributed by atoms with Crippen molar-refractivity contribution in [3.05, 3.63) is 75.1 Å². The monoisotopic (exact) mass is 449 g/mol. The maximum Gasteiger partial charge on any atom is 0.336 e. The van der Waals surface area contributed by atoms with Crippen LogP contribution in [0.4, 0.5) is 0 Å². The van der Waals surface area contributed by atoms with Crippen molar-refractivity contribution in [1.29, 1.82) is 0 Å². The van der Waals surface area contributed by atoms with Gasteiger partial charge in [0, 0.05) is 36.8 Å². The molecule has 0 saturated carbocycles. The second-order valence-electron chi connectivity index (χ2n) is 6.67. The van der Waals surface area contributed by atoms with E-state index in [1.807, 2.05) is 10.8 Å². The lowest BCUT2D eigenvalue weighted by atomic mass is 9.79. The summed E-state index contributed by atoms with van der Waals surface area (Å²) in [5.74, 6) is -1.94. The van der Waals surface area contributed by atoms with Crippen molar-refractivity contribution in [2.45, 2.75) is 25.8 Å².